The molecule has 1 aromatic heterocycles. The van der Waals surface area contributed by atoms with E-state index in [1.165, 1.54) is 4.90 Å². The van der Waals surface area contributed by atoms with Crippen molar-refractivity contribution >= 4 is 35.3 Å². The van der Waals surface area contributed by atoms with E-state index in [1.807, 2.05) is 18.2 Å². The Kier molecular flexibility index (Phi) is 7.98. The highest BCUT2D eigenvalue weighted by Crippen LogP contribution is 2.28. The first-order chi connectivity index (χ1) is 14.5. The van der Waals surface area contributed by atoms with Crippen LogP contribution in [0.3, 0.4) is 0 Å². The lowest BCUT2D eigenvalue weighted by atomic mass is 10.2. The van der Waals surface area contributed by atoms with Crippen LogP contribution in [0.4, 0.5) is 4.79 Å². The quantitative estimate of drug-likeness (QED) is 0.316. The maximum absolute atomic E-state index is 11.7. The molecule has 0 unspecified atom stereocenters. The second-order valence-electron chi connectivity index (χ2n) is 6.86. The smallest absolute Gasteiger partial charge is 0.324 e. The minimum absolute atomic E-state index is 0.0871. The van der Waals surface area contributed by atoms with Crippen LogP contribution >= 0.6 is 23.4 Å². The van der Waals surface area contributed by atoms with Crippen molar-refractivity contribution in [1.82, 2.24) is 25.0 Å². The lowest BCUT2D eigenvalue weighted by Gasteiger charge is -2.19. The zero-order chi connectivity index (χ0) is 21.5. The molecule has 1 saturated heterocycles. The van der Waals surface area contributed by atoms with Gasteiger partial charge in [0.25, 0.3) is 0 Å². The maximum Gasteiger partial charge on any atom is 0.324 e. The Morgan fingerprint density at radius 2 is 2.00 bits per heavy atom. The normalized spacial score (nSPS) is 13.9. The topological polar surface area (TPSA) is 89.3 Å². The Labute approximate surface area is 185 Å². The number of amides is 3. The molecule has 1 fully saturated rings. The molecule has 10 heteroatoms. The summed E-state index contributed by atoms with van der Waals surface area (Å²) in [6.45, 7) is 5.04. The zero-order valence-electron chi connectivity index (χ0n) is 17.1. The summed E-state index contributed by atoms with van der Waals surface area (Å²) < 4.78 is 8.01. The molecule has 0 saturated carbocycles. The highest BCUT2D eigenvalue weighted by atomic mass is 35.5. The van der Waals surface area contributed by atoms with Crippen molar-refractivity contribution in [2.75, 3.05) is 18.8 Å². The summed E-state index contributed by atoms with van der Waals surface area (Å²) in [6, 6.07) is 7.29. The summed E-state index contributed by atoms with van der Waals surface area (Å²) in [7, 11) is 0. The summed E-state index contributed by atoms with van der Waals surface area (Å²) in [4.78, 5) is 24.6. The molecule has 0 aliphatic carbocycles. The lowest BCUT2D eigenvalue weighted by Crippen LogP contribution is -2.32. The standard InChI is InChI=1S/C20H26ClN5O3S/c1-3-14(4-2)26-17(13-29-16-9-6-5-8-15(16)21)23-24-20(26)30-11-7-10-25-18(27)12-22-19(25)28/h5-6,8-9,14H,3-4,7,10-13H2,1-2H3,(H,22,28). The molecule has 0 bridgehead atoms. The Balaban J connectivity index is 1.64. The molecule has 0 atom stereocenters. The number of nitrogens with zero attached hydrogens (tertiary/aromatic N) is 4. The molecule has 8 nitrogen and oxygen atoms in total. The number of carbonyl (C=O) groups excluding carboxylic acids is 2. The van der Waals surface area contributed by atoms with Gasteiger partial charge >= 0.3 is 6.03 Å². The first kappa shape index (κ1) is 22.4. The first-order valence-corrected chi connectivity index (χ1v) is 11.4. The van der Waals surface area contributed by atoms with E-state index in [4.69, 9.17) is 16.3 Å². The molecule has 1 aliphatic rings. The van der Waals surface area contributed by atoms with Crippen LogP contribution in [0.15, 0.2) is 29.4 Å². The summed E-state index contributed by atoms with van der Waals surface area (Å²) in [5.41, 5.74) is 0. The van der Waals surface area contributed by atoms with Gasteiger partial charge in [-0.2, -0.15) is 0 Å². The van der Waals surface area contributed by atoms with Crippen molar-refractivity contribution in [3.8, 4) is 5.75 Å². The Morgan fingerprint density at radius 1 is 1.23 bits per heavy atom. The number of rotatable bonds is 11. The van der Waals surface area contributed by atoms with E-state index in [-0.39, 0.29) is 31.1 Å². The summed E-state index contributed by atoms with van der Waals surface area (Å²) in [5, 5.41) is 12.6. The molecule has 1 aromatic carbocycles. The molecule has 1 N–H and O–H groups in total. The molecule has 3 amide bonds. The number of urea groups is 1. The number of hydrogen-bond acceptors (Lipinski definition) is 6. The third-order valence-corrected chi connectivity index (χ3v) is 6.27. The summed E-state index contributed by atoms with van der Waals surface area (Å²) >= 11 is 7.76. The molecular weight excluding hydrogens is 426 g/mol. The minimum atomic E-state index is -0.316. The predicted molar refractivity (Wildman–Crippen MR) is 116 cm³/mol. The predicted octanol–water partition coefficient (Wildman–Crippen LogP) is 3.91. The third kappa shape index (κ3) is 5.26. The van der Waals surface area contributed by atoms with Crippen molar-refractivity contribution in [1.29, 1.82) is 0 Å². The molecule has 30 heavy (non-hydrogen) atoms. The van der Waals surface area contributed by atoms with Gasteiger partial charge in [0.15, 0.2) is 11.0 Å². The van der Waals surface area contributed by atoms with E-state index in [2.05, 4.69) is 33.9 Å². The van der Waals surface area contributed by atoms with Gasteiger partial charge in [0.2, 0.25) is 5.91 Å². The Hall–Kier alpha value is -2.26. The fourth-order valence-corrected chi connectivity index (χ4v) is 4.44. The average molecular weight is 452 g/mol. The van der Waals surface area contributed by atoms with Crippen LogP contribution < -0.4 is 10.1 Å². The summed E-state index contributed by atoms with van der Waals surface area (Å²) in [5.74, 6) is 1.91. The number of carbonyl (C=O) groups is 2. The molecule has 162 valence electrons. The molecule has 3 rings (SSSR count). The van der Waals surface area contributed by atoms with Gasteiger partial charge in [-0.1, -0.05) is 49.3 Å². The van der Waals surface area contributed by atoms with Crippen LogP contribution in [0, 0.1) is 0 Å². The van der Waals surface area contributed by atoms with E-state index in [9.17, 15) is 9.59 Å². The van der Waals surface area contributed by atoms with Crippen LogP contribution in [0.5, 0.6) is 5.75 Å². The largest absolute Gasteiger partial charge is 0.484 e. The first-order valence-electron chi connectivity index (χ1n) is 10.1. The van der Waals surface area contributed by atoms with Gasteiger partial charge in [-0.25, -0.2) is 4.79 Å². The monoisotopic (exact) mass is 451 g/mol. The summed E-state index contributed by atoms with van der Waals surface area (Å²) in [6.07, 6.45) is 2.58. The number of ether oxygens (including phenoxy) is 1. The van der Waals surface area contributed by atoms with Crippen LogP contribution in [0.1, 0.15) is 45.0 Å². The van der Waals surface area contributed by atoms with Crippen molar-refractivity contribution in [3.05, 3.63) is 35.1 Å². The lowest BCUT2D eigenvalue weighted by molar-refractivity contribution is -0.124. The molecule has 2 aromatic rings. The van der Waals surface area contributed by atoms with Crippen LogP contribution in [-0.2, 0) is 11.4 Å². The van der Waals surface area contributed by atoms with E-state index < -0.39 is 0 Å². The number of aromatic nitrogens is 3. The number of benzene rings is 1. The van der Waals surface area contributed by atoms with Crippen LogP contribution in [0.2, 0.25) is 5.02 Å². The van der Waals surface area contributed by atoms with E-state index in [0.29, 0.717) is 23.7 Å². The number of para-hydroxylation sites is 1. The number of imide groups is 1. The third-order valence-electron chi connectivity index (χ3n) is 4.93. The maximum atomic E-state index is 11.7. The van der Waals surface area contributed by atoms with Crippen LogP contribution in [0.25, 0.3) is 0 Å². The van der Waals surface area contributed by atoms with Crippen molar-refractivity contribution in [2.45, 2.75) is 50.9 Å². The van der Waals surface area contributed by atoms with Gasteiger partial charge in [-0.15, -0.1) is 10.2 Å². The zero-order valence-corrected chi connectivity index (χ0v) is 18.7. The minimum Gasteiger partial charge on any atom is -0.484 e. The number of thioether (sulfide) groups is 1. The van der Waals surface area contributed by atoms with Gasteiger partial charge in [-0.3, -0.25) is 9.69 Å². The second kappa shape index (κ2) is 10.7. The number of hydrogen-bond donors (Lipinski definition) is 1. The average Bonchev–Trinajstić information content (AvgIpc) is 3.29. The van der Waals surface area contributed by atoms with Gasteiger partial charge in [-0.05, 0) is 31.4 Å². The van der Waals surface area contributed by atoms with E-state index in [1.54, 1.807) is 17.8 Å². The number of halogens is 1. The Bertz CT molecular complexity index is 871. The fourth-order valence-electron chi connectivity index (χ4n) is 3.30. The Morgan fingerprint density at radius 3 is 2.67 bits per heavy atom. The van der Waals surface area contributed by atoms with Crippen molar-refractivity contribution < 1.29 is 14.3 Å². The highest BCUT2D eigenvalue weighted by molar-refractivity contribution is 7.99. The highest BCUT2D eigenvalue weighted by Gasteiger charge is 2.27. The molecule has 0 radical (unpaired) electrons. The van der Waals surface area contributed by atoms with E-state index >= 15 is 0 Å². The molecule has 0 spiro atoms. The van der Waals surface area contributed by atoms with Crippen molar-refractivity contribution in [2.24, 2.45) is 0 Å². The molecule has 2 heterocycles. The number of nitrogens with one attached hydrogen (secondary N) is 1. The van der Waals surface area contributed by atoms with Crippen molar-refractivity contribution in [3.63, 3.8) is 0 Å². The van der Waals surface area contributed by atoms with Gasteiger partial charge in [0.05, 0.1) is 11.6 Å². The molecular formula is C20H26ClN5O3S. The van der Waals surface area contributed by atoms with E-state index in [0.717, 1.165) is 29.6 Å². The van der Waals surface area contributed by atoms with Gasteiger partial charge in [0.1, 0.15) is 12.4 Å². The molecule has 1 aliphatic heterocycles. The van der Waals surface area contributed by atoms with Gasteiger partial charge < -0.3 is 14.6 Å². The second-order valence-corrected chi connectivity index (χ2v) is 8.33. The van der Waals surface area contributed by atoms with Crippen LogP contribution in [-0.4, -0.2) is 50.4 Å². The fraction of sp³-hybridized carbons (Fsp3) is 0.500. The SMILES string of the molecule is CCC(CC)n1c(COc2ccccc2Cl)nnc1SCCCN1C(=O)CNC1=O. The van der Waals surface area contributed by atoms with Gasteiger partial charge in [0, 0.05) is 18.3 Å².